The lowest BCUT2D eigenvalue weighted by Crippen LogP contribution is -2.44. The first-order valence-corrected chi connectivity index (χ1v) is 13.5. The minimum absolute atomic E-state index is 0.00819. The molecule has 190 valence electrons. The highest BCUT2D eigenvalue weighted by atomic mass is 79.9. The summed E-state index contributed by atoms with van der Waals surface area (Å²) in [7, 11) is 0. The summed E-state index contributed by atoms with van der Waals surface area (Å²) in [6.45, 7) is 4.58. The molecule has 0 spiro atoms. The maximum atomic E-state index is 12.8. The SMILES string of the molecule is O=C(NC1CCN(Cc2ccc(OC3CCNCC3)c(Br)c2)CC1)c1cc(=O)c2c(Cl)cccc2o1. The molecule has 0 aliphatic carbocycles. The first kappa shape index (κ1) is 25.3. The van der Waals surface area contributed by atoms with Crippen LogP contribution in [-0.2, 0) is 6.54 Å². The molecule has 1 aromatic heterocycles. The number of hydrogen-bond acceptors (Lipinski definition) is 6. The molecule has 2 saturated heterocycles. The third-order valence-electron chi connectivity index (χ3n) is 6.83. The van der Waals surface area contributed by atoms with Gasteiger partial charge in [-0.15, -0.1) is 0 Å². The summed E-state index contributed by atoms with van der Waals surface area (Å²) in [6, 6.07) is 12.5. The number of ether oxygens (including phenoxy) is 1. The van der Waals surface area contributed by atoms with E-state index in [4.69, 9.17) is 20.8 Å². The Bertz CT molecular complexity index is 1300. The van der Waals surface area contributed by atoms with Crippen LogP contribution < -0.4 is 20.8 Å². The minimum Gasteiger partial charge on any atom is -0.489 e. The van der Waals surface area contributed by atoms with E-state index in [0.29, 0.717) is 16.0 Å². The van der Waals surface area contributed by atoms with Crippen LogP contribution in [0.4, 0.5) is 0 Å². The van der Waals surface area contributed by atoms with E-state index in [9.17, 15) is 9.59 Å². The molecule has 0 atom stereocenters. The van der Waals surface area contributed by atoms with E-state index < -0.39 is 0 Å². The number of amides is 1. The molecule has 0 unspecified atom stereocenters. The third kappa shape index (κ3) is 5.94. The maximum Gasteiger partial charge on any atom is 0.287 e. The standard InChI is InChI=1S/C27H29BrClN3O4/c28-20-14-17(4-5-23(20)35-19-6-10-30-11-7-19)16-32-12-8-18(9-13-32)31-27(34)25-15-22(33)26-21(29)2-1-3-24(26)36-25/h1-5,14-15,18-19,30H,6-13,16H2,(H,31,34). The molecule has 7 nitrogen and oxygen atoms in total. The van der Waals surface area contributed by atoms with E-state index in [2.05, 4.69) is 49.7 Å². The zero-order valence-corrected chi connectivity index (χ0v) is 22.2. The number of carbonyl (C=O) groups is 1. The van der Waals surface area contributed by atoms with Crippen LogP contribution in [0.1, 0.15) is 41.8 Å². The molecular formula is C27H29BrClN3O4. The van der Waals surface area contributed by atoms with Gasteiger partial charge in [-0.05, 0) is 84.5 Å². The van der Waals surface area contributed by atoms with Gasteiger partial charge >= 0.3 is 0 Å². The Labute approximate surface area is 223 Å². The van der Waals surface area contributed by atoms with Gasteiger partial charge in [0, 0.05) is 31.7 Å². The highest BCUT2D eigenvalue weighted by Gasteiger charge is 2.23. The van der Waals surface area contributed by atoms with E-state index in [-0.39, 0.29) is 29.2 Å². The second-order valence-electron chi connectivity index (χ2n) is 9.44. The molecule has 2 aliphatic heterocycles. The van der Waals surface area contributed by atoms with Crippen molar-refractivity contribution in [3.05, 3.63) is 73.5 Å². The number of rotatable bonds is 6. The summed E-state index contributed by atoms with van der Waals surface area (Å²) < 4.78 is 12.8. The van der Waals surface area contributed by atoms with Crippen LogP contribution in [0.25, 0.3) is 11.0 Å². The van der Waals surface area contributed by atoms with Crippen molar-refractivity contribution in [3.8, 4) is 5.75 Å². The molecule has 3 heterocycles. The van der Waals surface area contributed by atoms with Crippen LogP contribution in [0, 0.1) is 0 Å². The van der Waals surface area contributed by atoms with Crippen LogP contribution in [-0.4, -0.2) is 49.1 Å². The van der Waals surface area contributed by atoms with Gasteiger partial charge in [0.15, 0.2) is 11.2 Å². The van der Waals surface area contributed by atoms with E-state index in [1.165, 1.54) is 11.6 Å². The van der Waals surface area contributed by atoms with E-state index in [1.54, 1.807) is 18.2 Å². The zero-order chi connectivity index (χ0) is 25.1. The van der Waals surface area contributed by atoms with Gasteiger partial charge in [0.2, 0.25) is 0 Å². The summed E-state index contributed by atoms with van der Waals surface area (Å²) in [5, 5.41) is 6.99. The average Bonchev–Trinajstić information content (AvgIpc) is 2.87. The molecular weight excluding hydrogens is 546 g/mol. The second kappa shape index (κ2) is 11.3. The Morgan fingerprint density at radius 2 is 1.92 bits per heavy atom. The lowest BCUT2D eigenvalue weighted by molar-refractivity contribution is 0.0881. The third-order valence-corrected chi connectivity index (χ3v) is 7.77. The summed E-state index contributed by atoms with van der Waals surface area (Å²) >= 11 is 9.78. The van der Waals surface area contributed by atoms with Gasteiger partial charge in [-0.1, -0.05) is 23.7 Å². The number of halogens is 2. The number of benzene rings is 2. The molecule has 0 radical (unpaired) electrons. The Kier molecular flexibility index (Phi) is 7.96. The van der Waals surface area contributed by atoms with Gasteiger partial charge in [-0.2, -0.15) is 0 Å². The molecule has 2 N–H and O–H groups in total. The zero-order valence-electron chi connectivity index (χ0n) is 19.9. The first-order chi connectivity index (χ1) is 17.5. The van der Waals surface area contributed by atoms with Crippen molar-refractivity contribution < 1.29 is 13.9 Å². The Morgan fingerprint density at radius 3 is 2.67 bits per heavy atom. The van der Waals surface area contributed by atoms with Gasteiger partial charge < -0.3 is 19.8 Å². The fourth-order valence-electron chi connectivity index (χ4n) is 4.86. The van der Waals surface area contributed by atoms with Gasteiger partial charge in [0.1, 0.15) is 17.4 Å². The fourth-order valence-corrected chi connectivity index (χ4v) is 5.64. The molecule has 0 bridgehead atoms. The van der Waals surface area contributed by atoms with Crippen molar-refractivity contribution in [1.82, 2.24) is 15.5 Å². The van der Waals surface area contributed by atoms with Gasteiger partial charge in [-0.3, -0.25) is 14.5 Å². The molecule has 2 fully saturated rings. The second-order valence-corrected chi connectivity index (χ2v) is 10.7. The number of nitrogens with one attached hydrogen (secondary N) is 2. The van der Waals surface area contributed by atoms with Crippen LogP contribution in [0.2, 0.25) is 5.02 Å². The highest BCUT2D eigenvalue weighted by molar-refractivity contribution is 9.10. The fraction of sp³-hybridized carbons (Fsp3) is 0.407. The van der Waals surface area contributed by atoms with Crippen LogP contribution in [0.15, 0.2) is 56.1 Å². The van der Waals surface area contributed by atoms with Crippen LogP contribution >= 0.6 is 27.5 Å². The number of piperidine rings is 2. The molecule has 3 aromatic rings. The van der Waals surface area contributed by atoms with Crippen molar-refractivity contribution in [1.29, 1.82) is 0 Å². The lowest BCUT2D eigenvalue weighted by Gasteiger charge is -2.32. The highest BCUT2D eigenvalue weighted by Crippen LogP contribution is 2.29. The van der Waals surface area contributed by atoms with E-state index in [1.807, 2.05) is 0 Å². The summed E-state index contributed by atoms with van der Waals surface area (Å²) in [5.41, 5.74) is 1.21. The molecule has 0 saturated carbocycles. The predicted molar refractivity (Wildman–Crippen MR) is 144 cm³/mol. The van der Waals surface area contributed by atoms with Crippen molar-refractivity contribution in [3.63, 3.8) is 0 Å². The lowest BCUT2D eigenvalue weighted by atomic mass is 10.0. The predicted octanol–water partition coefficient (Wildman–Crippen LogP) is 4.73. The van der Waals surface area contributed by atoms with Crippen LogP contribution in [0.3, 0.4) is 0 Å². The van der Waals surface area contributed by atoms with Crippen molar-refractivity contribution >= 4 is 44.4 Å². The number of likely N-dealkylation sites (tertiary alicyclic amines) is 1. The Hall–Kier alpha value is -2.39. The topological polar surface area (TPSA) is 83.8 Å². The number of carbonyl (C=O) groups excluding carboxylic acids is 1. The van der Waals surface area contributed by atoms with Crippen LogP contribution in [0.5, 0.6) is 5.75 Å². The quantitative estimate of drug-likeness (QED) is 0.443. The summed E-state index contributed by atoms with van der Waals surface area (Å²) in [6.07, 6.45) is 3.98. The molecule has 2 aromatic carbocycles. The Morgan fingerprint density at radius 1 is 1.14 bits per heavy atom. The minimum atomic E-state index is -0.374. The smallest absolute Gasteiger partial charge is 0.287 e. The number of hydrogen-bond donors (Lipinski definition) is 2. The van der Waals surface area contributed by atoms with Crippen molar-refractivity contribution in [2.75, 3.05) is 26.2 Å². The first-order valence-electron chi connectivity index (χ1n) is 12.4. The van der Waals surface area contributed by atoms with Gasteiger partial charge in [0.25, 0.3) is 5.91 Å². The Balaban J connectivity index is 1.13. The van der Waals surface area contributed by atoms with E-state index >= 15 is 0 Å². The number of nitrogens with zero attached hydrogens (tertiary/aromatic N) is 1. The van der Waals surface area contributed by atoms with Gasteiger partial charge in [-0.25, -0.2) is 0 Å². The van der Waals surface area contributed by atoms with Gasteiger partial charge in [0.05, 0.1) is 14.9 Å². The largest absolute Gasteiger partial charge is 0.489 e. The summed E-state index contributed by atoms with van der Waals surface area (Å²) in [4.78, 5) is 27.6. The maximum absolute atomic E-state index is 12.8. The molecule has 1 amide bonds. The number of fused-ring (bicyclic) bond motifs is 1. The van der Waals surface area contributed by atoms with Crippen molar-refractivity contribution in [2.24, 2.45) is 0 Å². The summed E-state index contributed by atoms with van der Waals surface area (Å²) in [5.74, 6) is 0.532. The molecule has 9 heteroatoms. The average molecular weight is 575 g/mol. The normalized spacial score (nSPS) is 17.8. The monoisotopic (exact) mass is 573 g/mol. The van der Waals surface area contributed by atoms with E-state index in [0.717, 1.165) is 68.6 Å². The molecule has 5 rings (SSSR count). The van der Waals surface area contributed by atoms with Crippen molar-refractivity contribution in [2.45, 2.75) is 44.4 Å². The molecule has 36 heavy (non-hydrogen) atoms. The molecule has 2 aliphatic rings.